The van der Waals surface area contributed by atoms with Gasteiger partial charge in [0, 0.05) is 5.92 Å². The Morgan fingerprint density at radius 3 is 2.66 bits per heavy atom. The molecule has 0 radical (unpaired) electrons. The number of aromatic nitrogens is 2. The largest absolute Gasteiger partial charge is 0.321 e. The van der Waals surface area contributed by atoms with Crippen LogP contribution in [0.1, 0.15) is 40.4 Å². The van der Waals surface area contributed by atoms with E-state index in [1.807, 2.05) is 28.9 Å². The van der Waals surface area contributed by atoms with Gasteiger partial charge in [-0.15, -0.1) is 12.4 Å². The highest BCUT2D eigenvalue weighted by atomic mass is 35.5. The highest BCUT2D eigenvalue weighted by molar-refractivity contribution is 6.33. The van der Waals surface area contributed by atoms with Gasteiger partial charge in [-0.1, -0.05) is 35.9 Å². The average Bonchev–Trinajstić information content (AvgIpc) is 3.16. The van der Waals surface area contributed by atoms with Crippen molar-refractivity contribution in [1.29, 1.82) is 0 Å². The fraction of sp³-hybridized carbons (Fsp3) is 0.273. The molecule has 2 N–H and O–H groups in total. The van der Waals surface area contributed by atoms with E-state index in [0.717, 1.165) is 42.9 Å². The number of hydrogen-bond donors (Lipinski definition) is 2. The van der Waals surface area contributed by atoms with Gasteiger partial charge < -0.3 is 10.6 Å². The third kappa shape index (κ3) is 4.64. The maximum Gasteiger partial charge on any atom is 0.259 e. The van der Waals surface area contributed by atoms with Crippen LogP contribution in [0.2, 0.25) is 5.02 Å². The van der Waals surface area contributed by atoms with Gasteiger partial charge in [0.25, 0.3) is 5.91 Å². The first-order valence-electron chi connectivity index (χ1n) is 9.55. The van der Waals surface area contributed by atoms with Gasteiger partial charge in [0.1, 0.15) is 0 Å². The minimum atomic E-state index is -0.180. The number of para-hydroxylation sites is 1. The van der Waals surface area contributed by atoms with Crippen molar-refractivity contribution in [3.63, 3.8) is 0 Å². The van der Waals surface area contributed by atoms with E-state index in [1.54, 1.807) is 18.3 Å². The second kappa shape index (κ2) is 9.44. The summed E-state index contributed by atoms with van der Waals surface area (Å²) in [4.78, 5) is 13.1. The lowest BCUT2D eigenvalue weighted by Crippen LogP contribution is -2.29. The number of piperidine rings is 1. The van der Waals surface area contributed by atoms with Crippen LogP contribution in [0.5, 0.6) is 0 Å². The Morgan fingerprint density at radius 2 is 1.93 bits per heavy atom. The molecule has 0 unspecified atom stereocenters. The standard InChI is InChI=1S/C22H23ClN4O.ClH/c1-15-5-4-6-17(13-15)27-21(16-9-11-24-12-10-16)18(14-25-27)22(28)26-20-8-3-2-7-19(20)23;/h2-8,13-14,16,24H,9-12H2,1H3,(H,26,28);1H. The Balaban J connectivity index is 0.00000240. The van der Waals surface area contributed by atoms with Gasteiger partial charge in [-0.25, -0.2) is 4.68 Å². The van der Waals surface area contributed by atoms with E-state index >= 15 is 0 Å². The fourth-order valence-electron chi connectivity index (χ4n) is 3.74. The first kappa shape index (κ1) is 21.4. The number of aryl methyl sites for hydroxylation is 1. The van der Waals surface area contributed by atoms with Gasteiger partial charge in [-0.05, 0) is 62.7 Å². The molecule has 4 rings (SSSR count). The van der Waals surface area contributed by atoms with Crippen molar-refractivity contribution in [3.8, 4) is 5.69 Å². The smallest absolute Gasteiger partial charge is 0.259 e. The Morgan fingerprint density at radius 1 is 1.17 bits per heavy atom. The van der Waals surface area contributed by atoms with E-state index in [9.17, 15) is 4.79 Å². The number of carbonyl (C=O) groups excluding carboxylic acids is 1. The van der Waals surface area contributed by atoms with Crippen molar-refractivity contribution in [3.05, 3.63) is 76.6 Å². The molecule has 1 aromatic heterocycles. The van der Waals surface area contributed by atoms with Gasteiger partial charge >= 0.3 is 0 Å². The summed E-state index contributed by atoms with van der Waals surface area (Å²) < 4.78 is 1.92. The van der Waals surface area contributed by atoms with Crippen LogP contribution in [0.3, 0.4) is 0 Å². The van der Waals surface area contributed by atoms with Crippen LogP contribution >= 0.6 is 24.0 Å². The summed E-state index contributed by atoms with van der Waals surface area (Å²) in [6.45, 7) is 3.94. The van der Waals surface area contributed by atoms with E-state index in [1.165, 1.54) is 0 Å². The van der Waals surface area contributed by atoms with Gasteiger partial charge in [-0.2, -0.15) is 5.10 Å². The Kier molecular flexibility index (Phi) is 6.96. The molecule has 29 heavy (non-hydrogen) atoms. The number of amides is 1. The molecule has 1 fully saturated rings. The van der Waals surface area contributed by atoms with E-state index in [0.29, 0.717) is 16.3 Å². The number of benzene rings is 2. The van der Waals surface area contributed by atoms with Crippen molar-refractivity contribution < 1.29 is 4.79 Å². The zero-order valence-electron chi connectivity index (χ0n) is 16.2. The molecule has 0 atom stereocenters. The maximum absolute atomic E-state index is 13.1. The topological polar surface area (TPSA) is 59.0 Å². The van der Waals surface area contributed by atoms with Gasteiger partial charge in [0.15, 0.2) is 0 Å². The van der Waals surface area contributed by atoms with Crippen molar-refractivity contribution in [2.24, 2.45) is 0 Å². The predicted molar refractivity (Wildman–Crippen MR) is 120 cm³/mol. The number of hydrogen-bond acceptors (Lipinski definition) is 3. The molecule has 5 nitrogen and oxygen atoms in total. The molecule has 0 spiro atoms. The molecule has 2 aromatic carbocycles. The molecule has 1 aliphatic heterocycles. The van der Waals surface area contributed by atoms with Crippen LogP contribution in [0.25, 0.3) is 5.69 Å². The first-order valence-corrected chi connectivity index (χ1v) is 9.93. The number of nitrogens with one attached hydrogen (secondary N) is 2. The van der Waals surface area contributed by atoms with Crippen LogP contribution in [0, 0.1) is 6.92 Å². The highest BCUT2D eigenvalue weighted by Gasteiger charge is 2.27. The van der Waals surface area contributed by atoms with Crippen molar-refractivity contribution in [2.75, 3.05) is 18.4 Å². The molecule has 3 aromatic rings. The van der Waals surface area contributed by atoms with Gasteiger partial charge in [0.2, 0.25) is 0 Å². The monoisotopic (exact) mass is 430 g/mol. The number of rotatable bonds is 4. The Hall–Kier alpha value is -2.34. The minimum absolute atomic E-state index is 0. The fourth-order valence-corrected chi connectivity index (χ4v) is 3.92. The van der Waals surface area contributed by atoms with Crippen LogP contribution in [-0.2, 0) is 0 Å². The Bertz CT molecular complexity index is 996. The summed E-state index contributed by atoms with van der Waals surface area (Å²) in [6.07, 6.45) is 3.62. The van der Waals surface area contributed by atoms with Crippen molar-refractivity contribution in [1.82, 2.24) is 15.1 Å². The maximum atomic E-state index is 13.1. The summed E-state index contributed by atoms with van der Waals surface area (Å²) in [5.41, 5.74) is 4.32. The highest BCUT2D eigenvalue weighted by Crippen LogP contribution is 2.31. The molecule has 2 heterocycles. The van der Waals surface area contributed by atoms with Crippen molar-refractivity contribution >= 4 is 35.6 Å². The van der Waals surface area contributed by atoms with Crippen LogP contribution in [0.15, 0.2) is 54.7 Å². The summed E-state index contributed by atoms with van der Waals surface area (Å²) in [7, 11) is 0. The molecule has 152 valence electrons. The SMILES string of the molecule is Cc1cccc(-n2ncc(C(=O)Nc3ccccc3Cl)c2C2CCNCC2)c1.Cl. The average molecular weight is 431 g/mol. The molecule has 0 bridgehead atoms. The van der Waals surface area contributed by atoms with Crippen LogP contribution < -0.4 is 10.6 Å². The number of anilines is 1. The number of nitrogens with zero attached hydrogens (tertiary/aromatic N) is 2. The summed E-state index contributed by atoms with van der Waals surface area (Å²) in [5.74, 6) is 0.0943. The molecule has 1 aliphatic rings. The molecular formula is C22H24Cl2N4O. The zero-order chi connectivity index (χ0) is 19.5. The molecule has 0 saturated carbocycles. The third-order valence-corrected chi connectivity index (χ3v) is 5.47. The van der Waals surface area contributed by atoms with E-state index in [2.05, 4.69) is 34.8 Å². The van der Waals surface area contributed by atoms with Gasteiger partial charge in [0.05, 0.1) is 33.9 Å². The van der Waals surface area contributed by atoms with E-state index in [-0.39, 0.29) is 24.2 Å². The molecule has 1 amide bonds. The second-order valence-corrected chi connectivity index (χ2v) is 7.56. The molecular weight excluding hydrogens is 407 g/mol. The van der Waals surface area contributed by atoms with E-state index < -0.39 is 0 Å². The summed E-state index contributed by atoms with van der Waals surface area (Å²) >= 11 is 6.22. The number of halogens is 2. The Labute approximate surface area is 181 Å². The lowest BCUT2D eigenvalue weighted by Gasteiger charge is -2.25. The second-order valence-electron chi connectivity index (χ2n) is 7.15. The molecule has 0 aliphatic carbocycles. The molecule has 7 heteroatoms. The van der Waals surface area contributed by atoms with Crippen LogP contribution in [0.4, 0.5) is 5.69 Å². The summed E-state index contributed by atoms with van der Waals surface area (Å²) in [6, 6.07) is 15.5. The zero-order valence-corrected chi connectivity index (χ0v) is 17.8. The van der Waals surface area contributed by atoms with E-state index in [4.69, 9.17) is 11.6 Å². The van der Waals surface area contributed by atoms with Gasteiger partial charge in [-0.3, -0.25) is 4.79 Å². The first-order chi connectivity index (χ1) is 13.6. The van der Waals surface area contributed by atoms with Crippen molar-refractivity contribution in [2.45, 2.75) is 25.7 Å². The summed E-state index contributed by atoms with van der Waals surface area (Å²) in [5, 5.41) is 11.4. The lowest BCUT2D eigenvalue weighted by atomic mass is 9.91. The lowest BCUT2D eigenvalue weighted by molar-refractivity contribution is 0.102. The third-order valence-electron chi connectivity index (χ3n) is 5.15. The minimum Gasteiger partial charge on any atom is -0.321 e. The predicted octanol–water partition coefficient (Wildman–Crippen LogP) is 4.98. The quantitative estimate of drug-likeness (QED) is 0.613. The normalized spacial score (nSPS) is 14.3. The molecule has 1 saturated heterocycles. The number of carbonyl (C=O) groups is 1. The van der Waals surface area contributed by atoms with Crippen LogP contribution in [-0.4, -0.2) is 28.8 Å².